The van der Waals surface area contributed by atoms with Gasteiger partial charge < -0.3 is 9.47 Å². The number of carbonyl (C=O) groups is 1. The first-order valence-corrected chi connectivity index (χ1v) is 8.33. The normalized spacial score (nSPS) is 17.9. The molecule has 0 radical (unpaired) electrons. The van der Waals surface area contributed by atoms with E-state index in [1.54, 1.807) is 6.33 Å². The molecule has 122 valence electrons. The third kappa shape index (κ3) is 3.78. The van der Waals surface area contributed by atoms with Crippen molar-refractivity contribution in [2.24, 2.45) is 5.92 Å². The Labute approximate surface area is 137 Å². The molecule has 0 spiro atoms. The zero-order valence-electron chi connectivity index (χ0n) is 13.9. The SMILES string of the molecule is CC(C)n1cnnc1CC1CCN(C(=O)Cc2ccccc2)C1. The Morgan fingerprint density at radius 1 is 1.30 bits per heavy atom. The van der Waals surface area contributed by atoms with Crippen LogP contribution in [-0.2, 0) is 17.6 Å². The smallest absolute Gasteiger partial charge is 0.226 e. The van der Waals surface area contributed by atoms with Gasteiger partial charge in [-0.25, -0.2) is 0 Å². The van der Waals surface area contributed by atoms with Crippen LogP contribution in [0.2, 0.25) is 0 Å². The molecule has 0 bridgehead atoms. The fourth-order valence-electron chi connectivity index (χ4n) is 3.21. The maximum absolute atomic E-state index is 12.4. The van der Waals surface area contributed by atoms with Crippen LogP contribution < -0.4 is 0 Å². The fourth-order valence-corrected chi connectivity index (χ4v) is 3.21. The molecule has 2 heterocycles. The lowest BCUT2D eigenvalue weighted by molar-refractivity contribution is -0.129. The summed E-state index contributed by atoms with van der Waals surface area (Å²) in [7, 11) is 0. The largest absolute Gasteiger partial charge is 0.342 e. The molecule has 1 saturated heterocycles. The highest BCUT2D eigenvalue weighted by Crippen LogP contribution is 2.22. The highest BCUT2D eigenvalue weighted by molar-refractivity contribution is 5.79. The average Bonchev–Trinajstić information content (AvgIpc) is 3.18. The minimum atomic E-state index is 0.226. The van der Waals surface area contributed by atoms with Crippen molar-refractivity contribution < 1.29 is 4.79 Å². The van der Waals surface area contributed by atoms with Crippen molar-refractivity contribution >= 4 is 5.91 Å². The monoisotopic (exact) mass is 312 g/mol. The van der Waals surface area contributed by atoms with E-state index < -0.39 is 0 Å². The van der Waals surface area contributed by atoms with Gasteiger partial charge in [-0.05, 0) is 31.7 Å². The first kappa shape index (κ1) is 15.7. The molecule has 1 aromatic carbocycles. The Bertz CT molecular complexity index is 650. The molecule has 1 amide bonds. The predicted octanol–water partition coefficient (Wildman–Crippen LogP) is 2.49. The molecule has 3 rings (SSSR count). The van der Waals surface area contributed by atoms with Crippen molar-refractivity contribution in [3.63, 3.8) is 0 Å². The number of rotatable bonds is 5. The van der Waals surface area contributed by atoms with E-state index in [2.05, 4.69) is 28.6 Å². The summed E-state index contributed by atoms with van der Waals surface area (Å²) in [5.74, 6) is 1.74. The number of amides is 1. The molecular formula is C18H24N4O. The van der Waals surface area contributed by atoms with Crippen LogP contribution in [0.5, 0.6) is 0 Å². The van der Waals surface area contributed by atoms with E-state index in [0.717, 1.165) is 37.3 Å². The maximum Gasteiger partial charge on any atom is 0.226 e. The van der Waals surface area contributed by atoms with E-state index in [1.165, 1.54) is 0 Å². The van der Waals surface area contributed by atoms with E-state index in [9.17, 15) is 4.79 Å². The molecule has 0 N–H and O–H groups in total. The lowest BCUT2D eigenvalue weighted by Gasteiger charge is -2.17. The van der Waals surface area contributed by atoms with E-state index >= 15 is 0 Å². The summed E-state index contributed by atoms with van der Waals surface area (Å²) in [6, 6.07) is 10.3. The summed E-state index contributed by atoms with van der Waals surface area (Å²) >= 11 is 0. The van der Waals surface area contributed by atoms with Gasteiger partial charge in [0, 0.05) is 25.6 Å². The Morgan fingerprint density at radius 3 is 2.83 bits per heavy atom. The molecule has 1 unspecified atom stereocenters. The van der Waals surface area contributed by atoms with Crippen LogP contribution in [0.25, 0.3) is 0 Å². The summed E-state index contributed by atoms with van der Waals surface area (Å²) in [4.78, 5) is 14.4. The molecule has 0 saturated carbocycles. The van der Waals surface area contributed by atoms with Gasteiger partial charge in [-0.15, -0.1) is 10.2 Å². The summed E-state index contributed by atoms with van der Waals surface area (Å²) < 4.78 is 2.12. The number of benzene rings is 1. The average molecular weight is 312 g/mol. The predicted molar refractivity (Wildman–Crippen MR) is 88.9 cm³/mol. The van der Waals surface area contributed by atoms with Crippen LogP contribution in [-0.4, -0.2) is 38.7 Å². The van der Waals surface area contributed by atoms with Crippen molar-refractivity contribution in [1.29, 1.82) is 0 Å². The lowest BCUT2D eigenvalue weighted by atomic mass is 10.0. The number of hydrogen-bond donors (Lipinski definition) is 0. The van der Waals surface area contributed by atoms with Crippen molar-refractivity contribution in [2.75, 3.05) is 13.1 Å². The minimum absolute atomic E-state index is 0.226. The second-order valence-corrected chi connectivity index (χ2v) is 6.61. The second-order valence-electron chi connectivity index (χ2n) is 6.61. The summed E-state index contributed by atoms with van der Waals surface area (Å²) in [6.45, 7) is 5.96. The third-order valence-electron chi connectivity index (χ3n) is 4.51. The van der Waals surface area contributed by atoms with Crippen LogP contribution in [0.1, 0.15) is 37.7 Å². The van der Waals surface area contributed by atoms with Crippen LogP contribution >= 0.6 is 0 Å². The van der Waals surface area contributed by atoms with Crippen molar-refractivity contribution in [3.05, 3.63) is 48.0 Å². The van der Waals surface area contributed by atoms with Gasteiger partial charge in [0.05, 0.1) is 6.42 Å². The topological polar surface area (TPSA) is 51.0 Å². The highest BCUT2D eigenvalue weighted by atomic mass is 16.2. The van der Waals surface area contributed by atoms with Crippen LogP contribution in [0, 0.1) is 5.92 Å². The van der Waals surface area contributed by atoms with Crippen molar-refractivity contribution in [2.45, 2.75) is 39.2 Å². The standard InChI is InChI=1S/C18H24N4O/c1-14(2)22-13-19-20-17(22)10-16-8-9-21(12-16)18(23)11-15-6-4-3-5-7-15/h3-7,13-14,16H,8-12H2,1-2H3. The van der Waals surface area contributed by atoms with Gasteiger partial charge in [0.25, 0.3) is 0 Å². The van der Waals surface area contributed by atoms with E-state index in [0.29, 0.717) is 18.4 Å². The maximum atomic E-state index is 12.4. The Morgan fingerprint density at radius 2 is 2.09 bits per heavy atom. The van der Waals surface area contributed by atoms with Crippen LogP contribution in [0.3, 0.4) is 0 Å². The molecule has 0 aliphatic carbocycles. The molecule has 1 aliphatic rings. The van der Waals surface area contributed by atoms with E-state index in [-0.39, 0.29) is 5.91 Å². The lowest BCUT2D eigenvalue weighted by Crippen LogP contribution is -2.30. The van der Waals surface area contributed by atoms with Crippen molar-refractivity contribution in [1.82, 2.24) is 19.7 Å². The Kier molecular flexibility index (Phi) is 4.74. The summed E-state index contributed by atoms with van der Waals surface area (Å²) in [5, 5.41) is 8.28. The molecule has 5 nitrogen and oxygen atoms in total. The summed E-state index contributed by atoms with van der Waals surface area (Å²) in [5.41, 5.74) is 1.08. The number of nitrogens with zero attached hydrogens (tertiary/aromatic N) is 4. The molecule has 23 heavy (non-hydrogen) atoms. The molecular weight excluding hydrogens is 288 g/mol. The fraction of sp³-hybridized carbons (Fsp3) is 0.500. The number of carbonyl (C=O) groups excluding carboxylic acids is 1. The molecule has 1 aliphatic heterocycles. The Hall–Kier alpha value is -2.17. The van der Waals surface area contributed by atoms with Gasteiger partial charge in [0.2, 0.25) is 5.91 Å². The molecule has 1 atom stereocenters. The first-order valence-electron chi connectivity index (χ1n) is 8.33. The van der Waals surface area contributed by atoms with Crippen LogP contribution in [0.15, 0.2) is 36.7 Å². The Balaban J connectivity index is 1.56. The first-order chi connectivity index (χ1) is 11.1. The quantitative estimate of drug-likeness (QED) is 0.852. The van der Waals surface area contributed by atoms with E-state index in [4.69, 9.17) is 0 Å². The zero-order valence-corrected chi connectivity index (χ0v) is 13.9. The van der Waals surface area contributed by atoms with Crippen LogP contribution in [0.4, 0.5) is 0 Å². The van der Waals surface area contributed by atoms with Gasteiger partial charge in [0.1, 0.15) is 12.2 Å². The van der Waals surface area contributed by atoms with Gasteiger partial charge >= 0.3 is 0 Å². The molecule has 2 aromatic rings. The van der Waals surface area contributed by atoms with E-state index in [1.807, 2.05) is 35.2 Å². The molecule has 1 fully saturated rings. The minimum Gasteiger partial charge on any atom is -0.342 e. The second kappa shape index (κ2) is 6.94. The number of aromatic nitrogens is 3. The zero-order chi connectivity index (χ0) is 16.2. The molecule has 1 aromatic heterocycles. The van der Waals surface area contributed by atoms with Gasteiger partial charge in [-0.3, -0.25) is 4.79 Å². The van der Waals surface area contributed by atoms with Gasteiger partial charge in [-0.1, -0.05) is 30.3 Å². The highest BCUT2D eigenvalue weighted by Gasteiger charge is 2.27. The third-order valence-corrected chi connectivity index (χ3v) is 4.51. The van der Waals surface area contributed by atoms with Gasteiger partial charge in [-0.2, -0.15) is 0 Å². The van der Waals surface area contributed by atoms with Crippen molar-refractivity contribution in [3.8, 4) is 0 Å². The molecule has 5 heteroatoms. The number of likely N-dealkylation sites (tertiary alicyclic amines) is 1. The summed E-state index contributed by atoms with van der Waals surface area (Å²) in [6.07, 6.45) is 4.24. The number of hydrogen-bond acceptors (Lipinski definition) is 3. The van der Waals surface area contributed by atoms with Gasteiger partial charge in [0.15, 0.2) is 0 Å².